The summed E-state index contributed by atoms with van der Waals surface area (Å²) in [5.41, 5.74) is 1.83. The molecule has 2 aliphatic rings. The molecule has 1 atom stereocenters. The van der Waals surface area contributed by atoms with E-state index >= 15 is 0 Å². The molecule has 0 aliphatic carbocycles. The summed E-state index contributed by atoms with van der Waals surface area (Å²) in [5.74, 6) is 2.33. The predicted octanol–water partition coefficient (Wildman–Crippen LogP) is 1.98. The monoisotopic (exact) mass is 383 g/mol. The van der Waals surface area contributed by atoms with E-state index in [0.717, 1.165) is 75.0 Å². The number of morpholine rings is 1. The van der Waals surface area contributed by atoms with Crippen molar-refractivity contribution in [2.75, 3.05) is 39.4 Å². The molecule has 1 amide bonds. The maximum Gasteiger partial charge on any atom is 0.254 e. The number of ether oxygens (including phenoxy) is 1. The molecule has 4 rings (SSSR count). The fraction of sp³-hybridized carbons (Fsp3) is 0.571. The van der Waals surface area contributed by atoms with Crippen molar-refractivity contribution in [3.63, 3.8) is 0 Å². The second-order valence-electron chi connectivity index (χ2n) is 7.83. The minimum absolute atomic E-state index is 0.124. The molecule has 2 aliphatic heterocycles. The third-order valence-electron chi connectivity index (χ3n) is 5.92. The topological polar surface area (TPSA) is 63.5 Å². The molecule has 7 heteroatoms. The first-order chi connectivity index (χ1) is 13.6. The number of amides is 1. The first kappa shape index (κ1) is 19.1. The number of nitrogens with zero attached hydrogens (tertiary/aromatic N) is 5. The van der Waals surface area contributed by atoms with Gasteiger partial charge in [-0.1, -0.05) is 18.2 Å². The molecule has 2 aromatic rings. The van der Waals surface area contributed by atoms with Crippen molar-refractivity contribution in [3.8, 4) is 0 Å². The van der Waals surface area contributed by atoms with Crippen molar-refractivity contribution in [1.29, 1.82) is 0 Å². The van der Waals surface area contributed by atoms with Crippen LogP contribution < -0.4 is 0 Å². The summed E-state index contributed by atoms with van der Waals surface area (Å²) < 4.78 is 7.55. The van der Waals surface area contributed by atoms with E-state index in [0.29, 0.717) is 6.54 Å². The maximum absolute atomic E-state index is 13.0. The van der Waals surface area contributed by atoms with Gasteiger partial charge in [-0.3, -0.25) is 9.69 Å². The van der Waals surface area contributed by atoms with Crippen LogP contribution in [0.15, 0.2) is 24.3 Å². The zero-order valence-electron chi connectivity index (χ0n) is 16.8. The molecular weight excluding hydrogens is 354 g/mol. The summed E-state index contributed by atoms with van der Waals surface area (Å²) in [6, 6.07) is 7.82. The fourth-order valence-electron chi connectivity index (χ4n) is 4.18. The third kappa shape index (κ3) is 3.95. The second-order valence-corrected chi connectivity index (χ2v) is 7.83. The number of hydrogen-bond donors (Lipinski definition) is 0. The van der Waals surface area contributed by atoms with Gasteiger partial charge in [0.1, 0.15) is 11.6 Å². The Kier molecular flexibility index (Phi) is 5.73. The lowest BCUT2D eigenvalue weighted by molar-refractivity contribution is 0.0326. The molecule has 1 aromatic heterocycles. The van der Waals surface area contributed by atoms with Crippen molar-refractivity contribution in [2.45, 2.75) is 32.2 Å². The Bertz CT molecular complexity index is 828. The van der Waals surface area contributed by atoms with Gasteiger partial charge in [-0.15, -0.1) is 10.2 Å². The molecule has 150 valence electrons. The molecule has 0 spiro atoms. The van der Waals surface area contributed by atoms with E-state index in [1.165, 1.54) is 0 Å². The number of carbonyl (C=O) groups excluding carboxylic acids is 1. The van der Waals surface area contributed by atoms with Crippen molar-refractivity contribution >= 4 is 5.91 Å². The normalized spacial score (nSPS) is 21.1. The highest BCUT2D eigenvalue weighted by molar-refractivity contribution is 5.95. The van der Waals surface area contributed by atoms with Gasteiger partial charge in [-0.2, -0.15) is 0 Å². The summed E-state index contributed by atoms with van der Waals surface area (Å²) in [5, 5.41) is 8.96. The number of benzene rings is 1. The number of piperidine rings is 1. The van der Waals surface area contributed by atoms with Crippen LogP contribution in [0.2, 0.25) is 0 Å². The van der Waals surface area contributed by atoms with E-state index in [2.05, 4.69) is 19.7 Å². The highest BCUT2D eigenvalue weighted by atomic mass is 16.5. The molecule has 0 radical (unpaired) electrons. The zero-order chi connectivity index (χ0) is 19.5. The first-order valence-corrected chi connectivity index (χ1v) is 10.2. The van der Waals surface area contributed by atoms with Gasteiger partial charge in [0.15, 0.2) is 0 Å². The minimum Gasteiger partial charge on any atom is -0.379 e. The number of likely N-dealkylation sites (tertiary alicyclic amines) is 1. The minimum atomic E-state index is 0.124. The van der Waals surface area contributed by atoms with E-state index < -0.39 is 0 Å². The molecule has 3 heterocycles. The van der Waals surface area contributed by atoms with Crippen LogP contribution in [0.25, 0.3) is 0 Å². The zero-order valence-corrected chi connectivity index (χ0v) is 16.8. The van der Waals surface area contributed by atoms with Crippen LogP contribution in [0.4, 0.5) is 0 Å². The molecular formula is C21H29N5O2. The molecule has 0 saturated carbocycles. The van der Waals surface area contributed by atoms with Gasteiger partial charge in [0.25, 0.3) is 5.91 Å². The summed E-state index contributed by atoms with van der Waals surface area (Å²) in [6.07, 6.45) is 2.04. The van der Waals surface area contributed by atoms with E-state index in [1.54, 1.807) is 0 Å². The second kappa shape index (κ2) is 8.41. The average Bonchev–Trinajstić information content (AvgIpc) is 3.09. The lowest BCUT2D eigenvalue weighted by atomic mass is 9.96. The molecule has 2 fully saturated rings. The molecule has 2 saturated heterocycles. The highest BCUT2D eigenvalue weighted by Gasteiger charge is 2.29. The Hall–Kier alpha value is -2.25. The van der Waals surface area contributed by atoms with Crippen molar-refractivity contribution in [1.82, 2.24) is 24.6 Å². The van der Waals surface area contributed by atoms with Gasteiger partial charge in [0.2, 0.25) is 0 Å². The maximum atomic E-state index is 13.0. The van der Waals surface area contributed by atoms with Crippen LogP contribution in [0.3, 0.4) is 0 Å². The lowest BCUT2D eigenvalue weighted by Crippen LogP contribution is -2.40. The highest BCUT2D eigenvalue weighted by Crippen LogP contribution is 2.27. The van der Waals surface area contributed by atoms with Crippen molar-refractivity contribution in [2.24, 2.45) is 7.05 Å². The summed E-state index contributed by atoms with van der Waals surface area (Å²) in [7, 11) is 2.05. The van der Waals surface area contributed by atoms with Gasteiger partial charge in [0, 0.05) is 44.7 Å². The number of aryl methyl sites for hydroxylation is 1. The fourth-order valence-corrected chi connectivity index (χ4v) is 4.18. The SMILES string of the molecule is Cc1ccccc1C(=O)N1CCC[C@@H](c2nnc(CN3CCOCC3)n2C)C1. The molecule has 0 bridgehead atoms. The van der Waals surface area contributed by atoms with Crippen LogP contribution in [0.5, 0.6) is 0 Å². The molecule has 7 nitrogen and oxygen atoms in total. The van der Waals surface area contributed by atoms with Crippen molar-refractivity contribution < 1.29 is 9.53 Å². The van der Waals surface area contributed by atoms with Gasteiger partial charge >= 0.3 is 0 Å². The van der Waals surface area contributed by atoms with Crippen LogP contribution in [0.1, 0.15) is 46.3 Å². The van der Waals surface area contributed by atoms with Gasteiger partial charge in [-0.05, 0) is 31.4 Å². The van der Waals surface area contributed by atoms with E-state index in [1.807, 2.05) is 43.1 Å². The summed E-state index contributed by atoms with van der Waals surface area (Å²) >= 11 is 0. The number of carbonyl (C=O) groups is 1. The van der Waals surface area contributed by atoms with Crippen LogP contribution in [-0.4, -0.2) is 69.9 Å². The van der Waals surface area contributed by atoms with Crippen LogP contribution >= 0.6 is 0 Å². The Labute approximate surface area is 166 Å². The van der Waals surface area contributed by atoms with Crippen LogP contribution in [-0.2, 0) is 18.3 Å². The van der Waals surface area contributed by atoms with E-state index in [-0.39, 0.29) is 11.8 Å². The summed E-state index contributed by atoms with van der Waals surface area (Å²) in [4.78, 5) is 17.3. The van der Waals surface area contributed by atoms with E-state index in [9.17, 15) is 4.79 Å². The average molecular weight is 383 g/mol. The van der Waals surface area contributed by atoms with Crippen LogP contribution in [0, 0.1) is 6.92 Å². The predicted molar refractivity (Wildman–Crippen MR) is 106 cm³/mol. The molecule has 0 unspecified atom stereocenters. The number of rotatable bonds is 4. The lowest BCUT2D eigenvalue weighted by Gasteiger charge is -2.32. The Balaban J connectivity index is 1.46. The Morgan fingerprint density at radius 2 is 1.96 bits per heavy atom. The van der Waals surface area contributed by atoms with Gasteiger partial charge < -0.3 is 14.2 Å². The van der Waals surface area contributed by atoms with Gasteiger partial charge in [0.05, 0.1) is 19.8 Å². The smallest absolute Gasteiger partial charge is 0.254 e. The van der Waals surface area contributed by atoms with Crippen molar-refractivity contribution in [3.05, 3.63) is 47.0 Å². The molecule has 1 aromatic carbocycles. The van der Waals surface area contributed by atoms with Gasteiger partial charge in [-0.25, -0.2) is 0 Å². The number of aromatic nitrogens is 3. The third-order valence-corrected chi connectivity index (χ3v) is 5.92. The summed E-state index contributed by atoms with van der Waals surface area (Å²) in [6.45, 7) is 7.74. The number of hydrogen-bond acceptors (Lipinski definition) is 5. The first-order valence-electron chi connectivity index (χ1n) is 10.2. The largest absolute Gasteiger partial charge is 0.379 e. The molecule has 28 heavy (non-hydrogen) atoms. The Morgan fingerprint density at radius 1 is 1.18 bits per heavy atom. The molecule has 0 N–H and O–H groups in total. The standard InChI is InChI=1S/C21H29N5O2/c1-16-6-3-4-8-18(16)21(27)26-9-5-7-17(14-26)20-23-22-19(24(20)2)15-25-10-12-28-13-11-25/h3-4,6,8,17H,5,7,9-15H2,1-2H3/t17-/m1/s1. The quantitative estimate of drug-likeness (QED) is 0.808. The van der Waals surface area contributed by atoms with E-state index in [4.69, 9.17) is 4.74 Å². The Morgan fingerprint density at radius 3 is 2.75 bits per heavy atom.